The average molecular weight is 363 g/mol. The second-order valence-electron chi connectivity index (χ2n) is 3.27. The Morgan fingerprint density at radius 2 is 2.06 bits per heavy atom. The van der Waals surface area contributed by atoms with Gasteiger partial charge in [-0.3, -0.25) is 9.59 Å². The van der Waals surface area contributed by atoms with Crippen molar-refractivity contribution in [3.8, 4) is 0 Å². The van der Waals surface area contributed by atoms with Crippen LogP contribution in [-0.4, -0.2) is 29.5 Å². The number of alkyl halides is 2. The second kappa shape index (κ2) is 4.81. The molecule has 0 heterocycles. The summed E-state index contributed by atoms with van der Waals surface area (Å²) < 4.78 is 20.0. The Bertz CT molecular complexity index is 550. The van der Waals surface area contributed by atoms with Crippen LogP contribution in [0.2, 0.25) is 0 Å². The van der Waals surface area contributed by atoms with E-state index in [9.17, 15) is 18.0 Å². The largest absolute Gasteiger partial charge is 0.293 e. The van der Waals surface area contributed by atoms with E-state index in [1.807, 2.05) is 0 Å². The molecule has 1 aliphatic carbocycles. The van der Waals surface area contributed by atoms with Gasteiger partial charge in [0.1, 0.15) is 5.75 Å². The third-order valence-corrected chi connectivity index (χ3v) is 3.69. The second-order valence-corrected chi connectivity index (χ2v) is 7.59. The highest BCUT2D eigenvalue weighted by atomic mass is 79.9. The minimum Gasteiger partial charge on any atom is -0.293 e. The van der Waals surface area contributed by atoms with E-state index < -0.39 is 31.1 Å². The van der Waals surface area contributed by atoms with Crippen LogP contribution in [0.15, 0.2) is 22.8 Å². The van der Waals surface area contributed by atoms with Gasteiger partial charge in [-0.1, -0.05) is 39.1 Å². The lowest BCUT2D eigenvalue weighted by Gasteiger charge is -2.18. The molecule has 5 nitrogen and oxygen atoms in total. The molecule has 0 aliphatic heterocycles. The number of hydrogen-bond donors (Lipinski definition) is 1. The molecule has 0 aromatic carbocycles. The van der Waals surface area contributed by atoms with E-state index in [0.717, 1.165) is 12.2 Å². The predicted octanol–water partition coefficient (Wildman–Crippen LogP) is 0.806. The summed E-state index contributed by atoms with van der Waals surface area (Å²) in [6.07, 6.45) is 1.99. The zero-order valence-electron chi connectivity index (χ0n) is 8.11. The van der Waals surface area contributed by atoms with Crippen LogP contribution in [0, 0.1) is 0 Å². The minimum atomic E-state index is -3.97. The number of carbonyl (C=O) groups is 2. The van der Waals surface area contributed by atoms with Crippen molar-refractivity contribution in [2.45, 2.75) is 3.78 Å². The first kappa shape index (κ1) is 14.8. The maximum absolute atomic E-state index is 11.5. The van der Waals surface area contributed by atoms with Gasteiger partial charge >= 0.3 is 0 Å². The number of primary sulfonamides is 1. The Morgan fingerprint density at radius 1 is 1.53 bits per heavy atom. The molecule has 9 heteroatoms. The van der Waals surface area contributed by atoms with Gasteiger partial charge in [0.2, 0.25) is 10.0 Å². The first-order valence-electron chi connectivity index (χ1n) is 4.09. The van der Waals surface area contributed by atoms with Crippen LogP contribution < -0.4 is 5.14 Å². The van der Waals surface area contributed by atoms with E-state index >= 15 is 0 Å². The lowest BCUT2D eigenvalue weighted by Crippen LogP contribution is -2.29. The van der Waals surface area contributed by atoms with Crippen molar-refractivity contribution in [1.82, 2.24) is 0 Å². The van der Waals surface area contributed by atoms with Gasteiger partial charge in [-0.25, -0.2) is 13.6 Å². The summed E-state index contributed by atoms with van der Waals surface area (Å²) in [5.41, 5.74) is -0.221. The molecule has 0 radical (unpaired) electrons. The molecule has 0 aromatic rings. The predicted molar refractivity (Wildman–Crippen MR) is 67.5 cm³/mol. The molecule has 0 bridgehead atoms. The van der Waals surface area contributed by atoms with Crippen LogP contribution in [0.3, 0.4) is 0 Å². The molecule has 1 rings (SSSR count). The van der Waals surface area contributed by atoms with Gasteiger partial charge in [-0.15, -0.1) is 0 Å². The van der Waals surface area contributed by atoms with Crippen molar-refractivity contribution >= 4 is 60.7 Å². The number of ketones is 2. The molecule has 2 N–H and O–H groups in total. The van der Waals surface area contributed by atoms with Crippen LogP contribution in [0.25, 0.3) is 0 Å². The summed E-state index contributed by atoms with van der Waals surface area (Å²) in [6, 6.07) is 0. The van der Waals surface area contributed by atoms with Gasteiger partial charge in [0.05, 0.1) is 5.03 Å². The lowest BCUT2D eigenvalue weighted by molar-refractivity contribution is -0.116. The topological polar surface area (TPSA) is 94.3 Å². The highest BCUT2D eigenvalue weighted by Gasteiger charge is 2.35. The smallest absolute Gasteiger partial charge is 0.216 e. The van der Waals surface area contributed by atoms with Gasteiger partial charge in [0.25, 0.3) is 0 Å². The van der Waals surface area contributed by atoms with E-state index in [0.29, 0.717) is 0 Å². The van der Waals surface area contributed by atoms with E-state index in [2.05, 4.69) is 15.9 Å². The van der Waals surface area contributed by atoms with E-state index in [-0.39, 0.29) is 10.6 Å². The summed E-state index contributed by atoms with van der Waals surface area (Å²) in [6.45, 7) is 0. The molecule has 0 saturated carbocycles. The van der Waals surface area contributed by atoms with Crippen LogP contribution in [0.1, 0.15) is 0 Å². The summed E-state index contributed by atoms with van der Waals surface area (Å²) in [5, 5.41) is 4.61. The molecule has 1 atom stereocenters. The van der Waals surface area contributed by atoms with E-state index in [1.165, 1.54) is 0 Å². The fraction of sp³-hybridized carbons (Fsp3) is 0.250. The molecule has 1 unspecified atom stereocenters. The van der Waals surface area contributed by atoms with Crippen LogP contribution >= 0.6 is 39.1 Å². The maximum atomic E-state index is 11.5. The minimum absolute atomic E-state index is 0.106. The highest BCUT2D eigenvalue weighted by molar-refractivity contribution is 9.11. The number of nitrogens with two attached hydrogens (primary N) is 1. The molecule has 0 fully saturated rings. The number of carbonyl (C=O) groups excluding carboxylic acids is 2. The summed E-state index contributed by atoms with van der Waals surface area (Å²) >= 11 is 14.3. The van der Waals surface area contributed by atoms with Crippen LogP contribution in [-0.2, 0) is 19.6 Å². The van der Waals surface area contributed by atoms with Gasteiger partial charge in [-0.05, 0) is 12.2 Å². The molecule has 0 saturated heterocycles. The normalized spacial score (nSPS) is 25.3. The Labute approximate surface area is 116 Å². The summed E-state index contributed by atoms with van der Waals surface area (Å²) in [7, 11) is -3.97. The third-order valence-electron chi connectivity index (χ3n) is 1.80. The van der Waals surface area contributed by atoms with Crippen molar-refractivity contribution < 1.29 is 18.0 Å². The summed E-state index contributed by atoms with van der Waals surface area (Å²) in [4.78, 5) is 23.0. The number of halogens is 3. The Morgan fingerprint density at radius 3 is 2.53 bits per heavy atom. The first-order valence-corrected chi connectivity index (χ1v) is 7.36. The monoisotopic (exact) mass is 361 g/mol. The fourth-order valence-electron chi connectivity index (χ4n) is 1.08. The molecule has 94 valence electrons. The van der Waals surface area contributed by atoms with Gasteiger partial charge in [0, 0.05) is 5.57 Å². The number of allylic oxidation sites excluding steroid dienone is 4. The standard InChI is InChI=1S/C8H6BrCl2NO4S/c9-8(11)2-5(10)4(1-7(8)14)6(13)3-17(12,15)16/h1-2H,3H2,(H2,12,15,16). The zero-order chi connectivity index (χ0) is 13.4. The summed E-state index contributed by atoms with van der Waals surface area (Å²) in [5.74, 6) is -2.41. The number of rotatable bonds is 3. The Balaban J connectivity index is 3.06. The van der Waals surface area contributed by atoms with Gasteiger partial charge in [0.15, 0.2) is 15.3 Å². The molecule has 17 heavy (non-hydrogen) atoms. The SMILES string of the molecule is NS(=O)(=O)CC(=O)C1=CC(=O)C(Cl)(Br)C=C1Cl. The fourth-order valence-corrected chi connectivity index (χ4v) is 2.62. The van der Waals surface area contributed by atoms with Crippen molar-refractivity contribution in [2.24, 2.45) is 5.14 Å². The van der Waals surface area contributed by atoms with Gasteiger partial charge in [-0.2, -0.15) is 0 Å². The molecule has 0 spiro atoms. The molecule has 0 amide bonds. The number of Topliss-reactive ketones (excluding diaryl/α,β-unsaturated/α-hetero) is 1. The number of sulfonamides is 1. The molecule has 0 aromatic heterocycles. The molecular weight excluding hydrogens is 357 g/mol. The van der Waals surface area contributed by atoms with Crippen molar-refractivity contribution in [2.75, 3.05) is 5.75 Å². The third kappa shape index (κ3) is 3.89. The number of hydrogen-bond acceptors (Lipinski definition) is 4. The van der Waals surface area contributed by atoms with Crippen molar-refractivity contribution in [3.63, 3.8) is 0 Å². The first-order chi connectivity index (χ1) is 7.53. The van der Waals surface area contributed by atoms with E-state index in [1.54, 1.807) is 0 Å². The van der Waals surface area contributed by atoms with Crippen molar-refractivity contribution in [3.05, 3.63) is 22.8 Å². The quantitative estimate of drug-likeness (QED) is 0.751. The maximum Gasteiger partial charge on any atom is 0.216 e. The van der Waals surface area contributed by atoms with E-state index in [4.69, 9.17) is 28.3 Å². The Hall–Kier alpha value is -0.210. The molecule has 1 aliphatic rings. The zero-order valence-corrected chi connectivity index (χ0v) is 12.0. The lowest BCUT2D eigenvalue weighted by atomic mass is 10.0. The molecular formula is C8H6BrCl2NO4S. The highest BCUT2D eigenvalue weighted by Crippen LogP contribution is 2.36. The Kier molecular flexibility index (Phi) is 4.20. The average Bonchev–Trinajstić information content (AvgIpc) is 2.07. The van der Waals surface area contributed by atoms with Crippen molar-refractivity contribution in [1.29, 1.82) is 0 Å². The van der Waals surface area contributed by atoms with Gasteiger partial charge < -0.3 is 0 Å². The van der Waals surface area contributed by atoms with Crippen LogP contribution in [0.4, 0.5) is 0 Å². The van der Waals surface area contributed by atoms with Crippen LogP contribution in [0.5, 0.6) is 0 Å².